The Hall–Kier alpha value is -3.00. The second-order valence-electron chi connectivity index (χ2n) is 6.49. The first-order valence-electron chi connectivity index (χ1n) is 9.06. The van der Waals surface area contributed by atoms with Gasteiger partial charge in [0.05, 0.1) is 37.0 Å². The minimum Gasteiger partial charge on any atom is -0.497 e. The molecule has 7 nitrogen and oxygen atoms in total. The molecule has 0 spiro atoms. The maximum atomic E-state index is 12.9. The number of urea groups is 1. The molecule has 0 radical (unpaired) electrons. The zero-order chi connectivity index (χ0) is 19.5. The highest BCUT2D eigenvalue weighted by Gasteiger charge is 2.22. The molecule has 2 amide bonds. The van der Waals surface area contributed by atoms with E-state index in [4.69, 9.17) is 14.6 Å². The lowest BCUT2D eigenvalue weighted by Crippen LogP contribution is -2.34. The van der Waals surface area contributed by atoms with E-state index in [1.54, 1.807) is 48.7 Å². The molecule has 1 aromatic carbocycles. The number of carbonyl (C=O) groups excluding carboxylic acids is 1. The fraction of sp³-hybridized carbons (Fsp3) is 0.300. The van der Waals surface area contributed by atoms with Crippen molar-refractivity contribution in [3.63, 3.8) is 0 Å². The van der Waals surface area contributed by atoms with Crippen LogP contribution in [0.1, 0.15) is 12.1 Å². The maximum absolute atomic E-state index is 12.9. The Morgan fingerprint density at radius 3 is 2.82 bits per heavy atom. The minimum atomic E-state index is -0.168. The smallest absolute Gasteiger partial charge is 0.322 e. The van der Waals surface area contributed by atoms with E-state index < -0.39 is 0 Å². The second-order valence-corrected chi connectivity index (χ2v) is 7.44. The molecule has 1 N–H and O–H groups in total. The number of aromatic nitrogens is 2. The average molecular weight is 398 g/mol. The summed E-state index contributed by atoms with van der Waals surface area (Å²) < 4.78 is 12.6. The van der Waals surface area contributed by atoms with Gasteiger partial charge in [0.1, 0.15) is 17.2 Å². The summed E-state index contributed by atoms with van der Waals surface area (Å²) in [5.41, 5.74) is 2.58. The summed E-state index contributed by atoms with van der Waals surface area (Å²) in [7, 11) is 3.17. The number of fused-ring (bicyclic) bond motifs is 1. The quantitative estimate of drug-likeness (QED) is 0.719. The molecular formula is C20H22N4O3S. The predicted molar refractivity (Wildman–Crippen MR) is 109 cm³/mol. The predicted octanol–water partition coefficient (Wildman–Crippen LogP) is 4.07. The maximum Gasteiger partial charge on any atom is 0.322 e. The molecule has 4 rings (SSSR count). The summed E-state index contributed by atoms with van der Waals surface area (Å²) >= 11 is 1.67. The average Bonchev–Trinajstić information content (AvgIpc) is 3.34. The van der Waals surface area contributed by atoms with Gasteiger partial charge in [0, 0.05) is 19.2 Å². The van der Waals surface area contributed by atoms with E-state index in [0.717, 1.165) is 29.2 Å². The van der Waals surface area contributed by atoms with E-state index in [0.29, 0.717) is 30.3 Å². The number of thiophene rings is 1. The molecule has 0 saturated carbocycles. The highest BCUT2D eigenvalue weighted by molar-refractivity contribution is 7.13. The summed E-state index contributed by atoms with van der Waals surface area (Å²) in [6.07, 6.45) is 0.848. The van der Waals surface area contributed by atoms with Gasteiger partial charge in [0.15, 0.2) is 0 Å². The first kappa shape index (κ1) is 18.4. The normalized spacial score (nSPS) is 13.6. The van der Waals surface area contributed by atoms with Crippen LogP contribution in [0.4, 0.5) is 10.5 Å². The molecule has 3 aromatic rings. The van der Waals surface area contributed by atoms with Gasteiger partial charge >= 0.3 is 6.03 Å². The third-order valence-electron chi connectivity index (χ3n) is 4.72. The van der Waals surface area contributed by atoms with Crippen LogP contribution in [0.15, 0.2) is 41.8 Å². The summed E-state index contributed by atoms with van der Waals surface area (Å²) in [6, 6.07) is 11.3. The van der Waals surface area contributed by atoms with Gasteiger partial charge in [-0.05, 0) is 36.1 Å². The Labute approximate surface area is 167 Å². The number of methoxy groups -OCH3 is 2. The monoisotopic (exact) mass is 398 g/mol. The van der Waals surface area contributed by atoms with Crippen LogP contribution in [-0.4, -0.2) is 41.5 Å². The van der Waals surface area contributed by atoms with Gasteiger partial charge in [-0.15, -0.1) is 11.3 Å². The van der Waals surface area contributed by atoms with Crippen molar-refractivity contribution < 1.29 is 14.3 Å². The number of nitrogens with one attached hydrogen (secondary N) is 1. The Bertz CT molecular complexity index is 968. The number of hydrogen-bond donors (Lipinski definition) is 1. The number of carbonyl (C=O) groups is 1. The van der Waals surface area contributed by atoms with Crippen molar-refractivity contribution in [1.82, 2.24) is 14.7 Å². The van der Waals surface area contributed by atoms with Crippen molar-refractivity contribution in [2.45, 2.75) is 19.5 Å². The lowest BCUT2D eigenvalue weighted by atomic mass is 10.2. The van der Waals surface area contributed by atoms with E-state index in [-0.39, 0.29) is 6.03 Å². The number of benzene rings is 1. The van der Waals surface area contributed by atoms with Crippen LogP contribution in [0, 0.1) is 0 Å². The third-order valence-corrected chi connectivity index (χ3v) is 5.62. The lowest BCUT2D eigenvalue weighted by molar-refractivity contribution is 0.210. The van der Waals surface area contributed by atoms with Crippen LogP contribution in [0.2, 0.25) is 0 Å². The fourth-order valence-corrected chi connectivity index (χ4v) is 3.97. The number of amides is 2. The summed E-state index contributed by atoms with van der Waals surface area (Å²) in [5.74, 6) is 1.25. The molecule has 0 atom stereocenters. The number of ether oxygens (including phenoxy) is 2. The highest BCUT2D eigenvalue weighted by Crippen LogP contribution is 2.30. The molecule has 1 aliphatic heterocycles. The molecule has 2 aromatic heterocycles. The third kappa shape index (κ3) is 3.68. The Kier molecular flexibility index (Phi) is 5.21. The molecule has 0 fully saturated rings. The van der Waals surface area contributed by atoms with Gasteiger partial charge < -0.3 is 19.7 Å². The minimum absolute atomic E-state index is 0.168. The number of aryl methyl sites for hydroxylation is 1. The Balaban J connectivity index is 1.53. The first-order chi connectivity index (χ1) is 13.7. The topological polar surface area (TPSA) is 68.6 Å². The SMILES string of the molecule is COc1ccc(OC)c(NC(=O)N2CCCn3nc(-c4cccs4)cc3C2)c1. The summed E-state index contributed by atoms with van der Waals surface area (Å²) in [5, 5.41) is 9.71. The number of rotatable bonds is 4. The molecular weight excluding hydrogens is 376 g/mol. The number of anilines is 1. The van der Waals surface area contributed by atoms with Crippen LogP contribution in [0.3, 0.4) is 0 Å². The van der Waals surface area contributed by atoms with Crippen molar-refractivity contribution in [3.05, 3.63) is 47.5 Å². The molecule has 8 heteroatoms. The summed E-state index contributed by atoms with van der Waals surface area (Å²) in [6.45, 7) is 1.97. The standard InChI is InChI=1S/C20H22N4O3S/c1-26-15-6-7-18(27-2)16(12-15)21-20(25)23-8-4-9-24-14(13-23)11-17(22-24)19-5-3-10-28-19/h3,5-7,10-12H,4,8-9,13H2,1-2H3,(H,21,25). The van der Waals surface area contributed by atoms with E-state index in [2.05, 4.69) is 17.4 Å². The van der Waals surface area contributed by atoms with Crippen LogP contribution >= 0.6 is 11.3 Å². The van der Waals surface area contributed by atoms with Crippen molar-refractivity contribution in [2.75, 3.05) is 26.1 Å². The Morgan fingerprint density at radius 2 is 2.07 bits per heavy atom. The van der Waals surface area contributed by atoms with Crippen LogP contribution < -0.4 is 14.8 Å². The van der Waals surface area contributed by atoms with Gasteiger partial charge in [-0.2, -0.15) is 5.10 Å². The van der Waals surface area contributed by atoms with Gasteiger partial charge in [0.25, 0.3) is 0 Å². The van der Waals surface area contributed by atoms with E-state index in [1.165, 1.54) is 0 Å². The van der Waals surface area contributed by atoms with Crippen molar-refractivity contribution in [1.29, 1.82) is 0 Å². The van der Waals surface area contributed by atoms with Crippen LogP contribution in [0.25, 0.3) is 10.6 Å². The lowest BCUT2D eigenvalue weighted by Gasteiger charge is -2.21. The van der Waals surface area contributed by atoms with Crippen LogP contribution in [0.5, 0.6) is 11.5 Å². The molecule has 0 aliphatic carbocycles. The zero-order valence-electron chi connectivity index (χ0n) is 15.8. The zero-order valence-corrected chi connectivity index (χ0v) is 16.7. The van der Waals surface area contributed by atoms with Crippen LogP contribution in [-0.2, 0) is 13.1 Å². The van der Waals surface area contributed by atoms with Crippen molar-refractivity contribution in [2.24, 2.45) is 0 Å². The van der Waals surface area contributed by atoms with Gasteiger partial charge in [0.2, 0.25) is 0 Å². The molecule has 0 unspecified atom stereocenters. The molecule has 146 valence electrons. The fourth-order valence-electron chi connectivity index (χ4n) is 3.29. The highest BCUT2D eigenvalue weighted by atomic mass is 32.1. The van der Waals surface area contributed by atoms with E-state index in [1.807, 2.05) is 16.1 Å². The van der Waals surface area contributed by atoms with E-state index >= 15 is 0 Å². The molecule has 0 bridgehead atoms. The number of hydrogen-bond acceptors (Lipinski definition) is 5. The van der Waals surface area contributed by atoms with Gasteiger partial charge in [-0.3, -0.25) is 4.68 Å². The second kappa shape index (κ2) is 7.93. The Morgan fingerprint density at radius 1 is 1.18 bits per heavy atom. The molecule has 3 heterocycles. The molecule has 28 heavy (non-hydrogen) atoms. The first-order valence-corrected chi connectivity index (χ1v) is 9.94. The number of nitrogens with zero attached hydrogens (tertiary/aromatic N) is 3. The van der Waals surface area contributed by atoms with Crippen molar-refractivity contribution in [3.8, 4) is 22.1 Å². The molecule has 0 saturated heterocycles. The molecule has 1 aliphatic rings. The van der Waals surface area contributed by atoms with E-state index in [9.17, 15) is 4.79 Å². The summed E-state index contributed by atoms with van der Waals surface area (Å²) in [4.78, 5) is 15.9. The van der Waals surface area contributed by atoms with Gasteiger partial charge in [-0.25, -0.2) is 4.79 Å². The largest absolute Gasteiger partial charge is 0.497 e. The van der Waals surface area contributed by atoms with Crippen molar-refractivity contribution >= 4 is 23.1 Å². The van der Waals surface area contributed by atoms with Gasteiger partial charge in [-0.1, -0.05) is 6.07 Å².